The van der Waals surface area contributed by atoms with Gasteiger partial charge in [-0.15, -0.1) is 0 Å². The van der Waals surface area contributed by atoms with E-state index < -0.39 is 0 Å². The normalized spacial score (nSPS) is 20.4. The van der Waals surface area contributed by atoms with Gasteiger partial charge in [0, 0.05) is 19.8 Å². The van der Waals surface area contributed by atoms with Crippen molar-refractivity contribution in [3.8, 4) is 0 Å². The maximum absolute atomic E-state index is 11.7. The number of likely N-dealkylation sites (N-methyl/N-ethyl adjacent to an activating group) is 1. The third kappa shape index (κ3) is 4.09. The van der Waals surface area contributed by atoms with Crippen molar-refractivity contribution in [2.75, 3.05) is 26.3 Å². The smallest absolute Gasteiger partial charge is 0.246 e. The molecule has 0 aromatic carbocycles. The SMILES string of the molecule is CCCOCCCNC1CC(=O)N(CC)C1=O. The van der Waals surface area contributed by atoms with Crippen LogP contribution >= 0.6 is 0 Å². The van der Waals surface area contributed by atoms with Gasteiger partial charge in [-0.3, -0.25) is 14.5 Å². The summed E-state index contributed by atoms with van der Waals surface area (Å²) >= 11 is 0. The van der Waals surface area contributed by atoms with Crippen LogP contribution in [0.15, 0.2) is 0 Å². The van der Waals surface area contributed by atoms with Gasteiger partial charge in [0.05, 0.1) is 12.5 Å². The maximum Gasteiger partial charge on any atom is 0.246 e. The highest BCUT2D eigenvalue weighted by Crippen LogP contribution is 2.12. The molecule has 0 saturated carbocycles. The zero-order valence-corrected chi connectivity index (χ0v) is 10.7. The van der Waals surface area contributed by atoms with E-state index in [2.05, 4.69) is 12.2 Å². The van der Waals surface area contributed by atoms with E-state index in [9.17, 15) is 9.59 Å². The fraction of sp³-hybridized carbons (Fsp3) is 0.833. The molecule has 5 nitrogen and oxygen atoms in total. The molecule has 1 saturated heterocycles. The van der Waals surface area contributed by atoms with Gasteiger partial charge in [-0.2, -0.15) is 0 Å². The largest absolute Gasteiger partial charge is 0.381 e. The number of carbonyl (C=O) groups excluding carboxylic acids is 2. The molecule has 0 aromatic rings. The van der Waals surface area contributed by atoms with Crippen molar-refractivity contribution in [3.63, 3.8) is 0 Å². The summed E-state index contributed by atoms with van der Waals surface area (Å²) in [7, 11) is 0. The van der Waals surface area contributed by atoms with Crippen molar-refractivity contribution in [3.05, 3.63) is 0 Å². The molecule has 1 heterocycles. The Labute approximate surface area is 102 Å². The summed E-state index contributed by atoms with van der Waals surface area (Å²) in [5.41, 5.74) is 0. The summed E-state index contributed by atoms with van der Waals surface area (Å²) in [5.74, 6) is -0.163. The van der Waals surface area contributed by atoms with Gasteiger partial charge >= 0.3 is 0 Å². The first-order chi connectivity index (χ1) is 8.20. The fourth-order valence-electron chi connectivity index (χ4n) is 1.87. The Morgan fingerprint density at radius 2 is 2.12 bits per heavy atom. The van der Waals surface area contributed by atoms with Crippen LogP contribution in [-0.2, 0) is 14.3 Å². The van der Waals surface area contributed by atoms with E-state index in [0.29, 0.717) is 26.1 Å². The molecule has 1 N–H and O–H groups in total. The minimum Gasteiger partial charge on any atom is -0.381 e. The van der Waals surface area contributed by atoms with Crippen LogP contribution in [0.2, 0.25) is 0 Å². The molecule has 1 atom stereocenters. The summed E-state index contributed by atoms with van der Waals surface area (Å²) in [4.78, 5) is 24.5. The molecule has 0 spiro atoms. The van der Waals surface area contributed by atoms with Gasteiger partial charge in [-0.1, -0.05) is 6.92 Å². The molecule has 0 bridgehead atoms. The monoisotopic (exact) mass is 242 g/mol. The minimum absolute atomic E-state index is 0.0720. The van der Waals surface area contributed by atoms with Crippen molar-refractivity contribution >= 4 is 11.8 Å². The molecular formula is C12H22N2O3. The van der Waals surface area contributed by atoms with Gasteiger partial charge in [0.1, 0.15) is 0 Å². The molecule has 1 aliphatic heterocycles. The molecule has 0 aliphatic carbocycles. The van der Waals surface area contributed by atoms with Crippen molar-refractivity contribution in [2.45, 2.75) is 39.2 Å². The second-order valence-corrected chi connectivity index (χ2v) is 4.15. The quantitative estimate of drug-likeness (QED) is 0.498. The summed E-state index contributed by atoms with van der Waals surface area (Å²) in [6.45, 7) is 6.55. The van der Waals surface area contributed by atoms with Gasteiger partial charge in [0.15, 0.2) is 0 Å². The third-order valence-electron chi connectivity index (χ3n) is 2.76. The van der Waals surface area contributed by atoms with Crippen molar-refractivity contribution in [1.29, 1.82) is 0 Å². The first-order valence-corrected chi connectivity index (χ1v) is 6.36. The van der Waals surface area contributed by atoms with Crippen molar-refractivity contribution < 1.29 is 14.3 Å². The summed E-state index contributed by atoms with van der Waals surface area (Å²) in [5, 5.41) is 3.11. The average Bonchev–Trinajstić information content (AvgIpc) is 2.58. The average molecular weight is 242 g/mol. The number of likely N-dealkylation sites (tertiary alicyclic amines) is 1. The first-order valence-electron chi connectivity index (χ1n) is 6.36. The second-order valence-electron chi connectivity index (χ2n) is 4.15. The Balaban J connectivity index is 2.16. The van der Waals surface area contributed by atoms with Gasteiger partial charge in [-0.05, 0) is 26.3 Å². The Morgan fingerprint density at radius 1 is 1.35 bits per heavy atom. The van der Waals surface area contributed by atoms with Crippen LogP contribution in [-0.4, -0.2) is 49.1 Å². The zero-order chi connectivity index (χ0) is 12.7. The zero-order valence-electron chi connectivity index (χ0n) is 10.7. The molecule has 1 fully saturated rings. The molecular weight excluding hydrogens is 220 g/mol. The van der Waals surface area contributed by atoms with Gasteiger partial charge < -0.3 is 10.1 Å². The third-order valence-corrected chi connectivity index (χ3v) is 2.76. The molecule has 0 aromatic heterocycles. The molecule has 1 unspecified atom stereocenters. The first kappa shape index (κ1) is 14.1. The predicted molar refractivity (Wildman–Crippen MR) is 64.5 cm³/mol. The van der Waals surface area contributed by atoms with E-state index in [4.69, 9.17) is 4.74 Å². The van der Waals surface area contributed by atoms with Crippen molar-refractivity contribution in [2.24, 2.45) is 0 Å². The molecule has 0 radical (unpaired) electrons. The molecule has 5 heteroatoms. The van der Waals surface area contributed by atoms with E-state index in [-0.39, 0.29) is 17.9 Å². The van der Waals surface area contributed by atoms with Crippen LogP contribution in [0.1, 0.15) is 33.1 Å². The Bertz CT molecular complexity index is 268. The lowest BCUT2D eigenvalue weighted by Crippen LogP contribution is -2.39. The lowest BCUT2D eigenvalue weighted by Gasteiger charge is -2.13. The lowest BCUT2D eigenvalue weighted by atomic mass is 10.2. The van der Waals surface area contributed by atoms with E-state index in [1.807, 2.05) is 6.92 Å². The maximum atomic E-state index is 11.7. The Morgan fingerprint density at radius 3 is 2.71 bits per heavy atom. The number of amides is 2. The molecule has 2 amide bonds. The number of hydrogen-bond donors (Lipinski definition) is 1. The molecule has 1 aliphatic rings. The number of nitrogens with zero attached hydrogens (tertiary/aromatic N) is 1. The highest BCUT2D eigenvalue weighted by molar-refractivity contribution is 6.05. The summed E-state index contributed by atoms with van der Waals surface area (Å²) in [6, 6.07) is -0.325. The number of carbonyl (C=O) groups is 2. The van der Waals surface area contributed by atoms with E-state index in [1.54, 1.807) is 0 Å². The fourth-order valence-corrected chi connectivity index (χ4v) is 1.87. The van der Waals surface area contributed by atoms with Crippen molar-refractivity contribution in [1.82, 2.24) is 10.2 Å². The van der Waals surface area contributed by atoms with Gasteiger partial charge in [0.25, 0.3) is 0 Å². The van der Waals surface area contributed by atoms with E-state index in [1.165, 1.54) is 4.90 Å². The van der Waals surface area contributed by atoms with Crippen LogP contribution in [0.5, 0.6) is 0 Å². The summed E-state index contributed by atoms with van der Waals surface area (Å²) in [6.07, 6.45) is 2.18. The Hall–Kier alpha value is -0.940. The number of hydrogen-bond acceptors (Lipinski definition) is 4. The van der Waals surface area contributed by atoms with E-state index >= 15 is 0 Å². The van der Waals surface area contributed by atoms with Crippen LogP contribution in [0.4, 0.5) is 0 Å². The molecule has 98 valence electrons. The lowest BCUT2D eigenvalue weighted by molar-refractivity contribution is -0.138. The minimum atomic E-state index is -0.325. The van der Waals surface area contributed by atoms with Crippen LogP contribution < -0.4 is 5.32 Å². The molecule has 17 heavy (non-hydrogen) atoms. The number of nitrogens with one attached hydrogen (secondary N) is 1. The van der Waals surface area contributed by atoms with Crippen LogP contribution in [0.3, 0.4) is 0 Å². The number of rotatable bonds is 8. The topological polar surface area (TPSA) is 58.6 Å². The predicted octanol–water partition coefficient (Wildman–Crippen LogP) is 0.540. The standard InChI is InChI=1S/C12H22N2O3/c1-3-7-17-8-5-6-13-10-9-11(15)14(4-2)12(10)16/h10,13H,3-9H2,1-2H3. The highest BCUT2D eigenvalue weighted by Gasteiger charge is 2.36. The Kier molecular flexibility index (Phi) is 6.15. The van der Waals surface area contributed by atoms with Crippen LogP contribution in [0.25, 0.3) is 0 Å². The van der Waals surface area contributed by atoms with E-state index in [0.717, 1.165) is 19.4 Å². The number of ether oxygens (including phenoxy) is 1. The highest BCUT2D eigenvalue weighted by atomic mass is 16.5. The van der Waals surface area contributed by atoms with Gasteiger partial charge in [-0.25, -0.2) is 0 Å². The van der Waals surface area contributed by atoms with Gasteiger partial charge in [0.2, 0.25) is 11.8 Å². The summed E-state index contributed by atoms with van der Waals surface area (Å²) < 4.78 is 5.34. The number of imide groups is 1. The second kappa shape index (κ2) is 7.40. The molecule has 1 rings (SSSR count). The van der Waals surface area contributed by atoms with Crippen LogP contribution in [0, 0.1) is 0 Å².